The lowest BCUT2D eigenvalue weighted by Gasteiger charge is -2.26. The van der Waals surface area contributed by atoms with E-state index in [0.29, 0.717) is 23.2 Å². The van der Waals surface area contributed by atoms with Gasteiger partial charge in [0.1, 0.15) is 23.8 Å². The van der Waals surface area contributed by atoms with Gasteiger partial charge in [0.2, 0.25) is 0 Å². The Labute approximate surface area is 229 Å². The number of hydrogen-bond acceptors (Lipinski definition) is 9. The van der Waals surface area contributed by atoms with Crippen molar-refractivity contribution < 1.29 is 37.9 Å². The average Bonchev–Trinajstić information content (AvgIpc) is 3.68. The molecule has 1 saturated heterocycles. The number of amides is 2. The summed E-state index contributed by atoms with van der Waals surface area (Å²) in [6, 6.07) is 13.2. The van der Waals surface area contributed by atoms with Gasteiger partial charge >= 0.3 is 12.2 Å². The molecule has 3 heterocycles. The van der Waals surface area contributed by atoms with Crippen molar-refractivity contribution in [1.29, 1.82) is 0 Å². The molecule has 2 aromatic carbocycles. The molecule has 2 aliphatic rings. The summed E-state index contributed by atoms with van der Waals surface area (Å²) in [5, 5.41) is 17.0. The lowest BCUT2D eigenvalue weighted by Crippen LogP contribution is -2.42. The van der Waals surface area contributed by atoms with Gasteiger partial charge in [-0.15, -0.1) is 0 Å². The molecule has 2 amide bonds. The average molecular weight is 553 g/mol. The fraction of sp³-hybridized carbons (Fsp3) is 0.357. The Morgan fingerprint density at radius 2 is 1.90 bits per heavy atom. The van der Waals surface area contributed by atoms with E-state index in [2.05, 4.69) is 10.3 Å². The third-order valence-electron chi connectivity index (χ3n) is 6.31. The molecule has 210 valence electrons. The summed E-state index contributed by atoms with van der Waals surface area (Å²) in [7, 11) is 0. The number of carbonyl (C=O) groups excluding carboxylic acids is 2. The van der Waals surface area contributed by atoms with Crippen LogP contribution in [0.15, 0.2) is 64.5 Å². The zero-order valence-electron chi connectivity index (χ0n) is 22.2. The van der Waals surface area contributed by atoms with E-state index >= 15 is 4.39 Å². The Hall–Kier alpha value is -4.45. The highest BCUT2D eigenvalue weighted by Gasteiger charge is 2.37. The molecule has 40 heavy (non-hydrogen) atoms. The van der Waals surface area contributed by atoms with Crippen LogP contribution < -0.4 is 9.80 Å². The molecule has 1 unspecified atom stereocenters. The van der Waals surface area contributed by atoms with Gasteiger partial charge in [-0.1, -0.05) is 34.6 Å². The molecule has 1 aromatic heterocycles. The van der Waals surface area contributed by atoms with Crippen molar-refractivity contribution in [2.24, 2.45) is 5.16 Å². The minimum absolute atomic E-state index is 0.0357. The second kappa shape index (κ2) is 11.0. The largest absolute Gasteiger partial charge is 0.443 e. The van der Waals surface area contributed by atoms with Crippen LogP contribution in [-0.4, -0.2) is 65.7 Å². The number of halogens is 1. The van der Waals surface area contributed by atoms with Crippen LogP contribution in [-0.2, 0) is 14.3 Å². The van der Waals surface area contributed by atoms with Crippen molar-refractivity contribution in [3.05, 3.63) is 66.2 Å². The maximum atomic E-state index is 15.2. The minimum atomic E-state index is -0.751. The Morgan fingerprint density at radius 1 is 1.15 bits per heavy atom. The topological polar surface area (TPSA) is 127 Å². The van der Waals surface area contributed by atoms with E-state index in [1.807, 2.05) is 12.1 Å². The molecule has 0 aliphatic carbocycles. The molecule has 0 saturated carbocycles. The maximum Gasteiger partial charge on any atom is 0.416 e. The lowest BCUT2D eigenvalue weighted by molar-refractivity contribution is 0.0390. The molecule has 0 spiro atoms. The zero-order chi connectivity index (χ0) is 28.4. The number of aliphatic hydroxyl groups is 1. The van der Waals surface area contributed by atoms with Crippen molar-refractivity contribution in [2.75, 3.05) is 29.5 Å². The van der Waals surface area contributed by atoms with Gasteiger partial charge in [0.25, 0.3) is 0 Å². The van der Waals surface area contributed by atoms with Gasteiger partial charge in [0.05, 0.1) is 31.1 Å². The SMILES string of the molecule is CC(C)(C)OC(=O)N(C[C@H]1CN(c2ccc(-c3ccc(C4=NOC(CO)C4)cc3)c(F)c2)C(=O)O1)c1ccon1. The number of ether oxygens (including phenoxy) is 2. The first kappa shape index (κ1) is 27.1. The summed E-state index contributed by atoms with van der Waals surface area (Å²) in [4.78, 5) is 33.2. The standard InChI is InChI=1S/C28H29FN4O7/c1-28(2,3)39-27(36)33(25-10-11-37-31-25)15-21-14-32(26(35)38-21)19-8-9-22(23(29)12-19)17-4-6-18(7-5-17)24-13-20(16-34)40-30-24/h4-12,20-21,34H,13-16H2,1-3H3/t20?,21-/m1/s1. The van der Waals surface area contributed by atoms with Crippen molar-refractivity contribution >= 4 is 29.4 Å². The molecule has 2 atom stereocenters. The Morgan fingerprint density at radius 3 is 2.52 bits per heavy atom. The van der Waals surface area contributed by atoms with E-state index in [9.17, 15) is 14.7 Å². The molecule has 0 radical (unpaired) electrons. The summed E-state index contributed by atoms with van der Waals surface area (Å²) in [5.74, 6) is -0.299. The molecule has 12 heteroatoms. The highest BCUT2D eigenvalue weighted by atomic mass is 19.1. The Kier molecular flexibility index (Phi) is 7.44. The second-order valence-corrected chi connectivity index (χ2v) is 10.5. The van der Waals surface area contributed by atoms with Crippen LogP contribution in [0.3, 0.4) is 0 Å². The van der Waals surface area contributed by atoms with Gasteiger partial charge in [-0.3, -0.25) is 9.80 Å². The van der Waals surface area contributed by atoms with Crippen LogP contribution in [0.5, 0.6) is 0 Å². The van der Waals surface area contributed by atoms with Gasteiger partial charge < -0.3 is 23.9 Å². The van der Waals surface area contributed by atoms with Gasteiger partial charge in [0, 0.05) is 18.1 Å². The number of aromatic nitrogens is 1. The molecule has 5 rings (SSSR count). The molecule has 3 aromatic rings. The number of oxime groups is 1. The van der Waals surface area contributed by atoms with Gasteiger partial charge in [-0.25, -0.2) is 14.0 Å². The van der Waals surface area contributed by atoms with Crippen LogP contribution in [0, 0.1) is 5.82 Å². The quantitative estimate of drug-likeness (QED) is 0.446. The predicted molar refractivity (Wildman–Crippen MR) is 143 cm³/mol. The van der Waals surface area contributed by atoms with E-state index in [0.717, 1.165) is 11.3 Å². The van der Waals surface area contributed by atoms with E-state index in [-0.39, 0.29) is 31.6 Å². The number of carbonyl (C=O) groups is 2. The smallest absolute Gasteiger partial charge is 0.416 e. The molecule has 0 bridgehead atoms. The highest BCUT2D eigenvalue weighted by molar-refractivity contribution is 6.01. The first-order valence-electron chi connectivity index (χ1n) is 12.7. The number of cyclic esters (lactones) is 1. The van der Waals surface area contributed by atoms with Crippen LogP contribution in [0.4, 0.5) is 25.5 Å². The highest BCUT2D eigenvalue weighted by Crippen LogP contribution is 2.30. The van der Waals surface area contributed by atoms with E-state index in [1.165, 1.54) is 28.2 Å². The summed E-state index contributed by atoms with van der Waals surface area (Å²) in [5.41, 5.74) is 2.13. The van der Waals surface area contributed by atoms with Crippen molar-refractivity contribution in [3.63, 3.8) is 0 Å². The molecule has 1 fully saturated rings. The van der Waals surface area contributed by atoms with Crippen LogP contribution >= 0.6 is 0 Å². The molecular formula is C28H29FN4O7. The summed E-state index contributed by atoms with van der Waals surface area (Å²) < 4.78 is 31.1. The summed E-state index contributed by atoms with van der Waals surface area (Å²) >= 11 is 0. The molecular weight excluding hydrogens is 523 g/mol. The molecule has 1 N–H and O–H groups in total. The number of anilines is 2. The zero-order valence-corrected chi connectivity index (χ0v) is 22.2. The van der Waals surface area contributed by atoms with Gasteiger partial charge in [-0.05, 0) is 50.1 Å². The number of hydrogen-bond donors (Lipinski definition) is 1. The van der Waals surface area contributed by atoms with Gasteiger partial charge in [-0.2, -0.15) is 0 Å². The first-order chi connectivity index (χ1) is 19.1. The van der Waals surface area contributed by atoms with Crippen LogP contribution in [0.2, 0.25) is 0 Å². The third kappa shape index (κ3) is 5.91. The predicted octanol–water partition coefficient (Wildman–Crippen LogP) is 4.73. The lowest BCUT2D eigenvalue weighted by atomic mass is 9.99. The maximum absolute atomic E-state index is 15.2. The molecule has 11 nitrogen and oxygen atoms in total. The monoisotopic (exact) mass is 552 g/mol. The van der Waals surface area contributed by atoms with E-state index in [4.69, 9.17) is 18.8 Å². The van der Waals surface area contributed by atoms with E-state index in [1.54, 1.807) is 45.0 Å². The normalized spacial score (nSPS) is 18.8. The fourth-order valence-corrected chi connectivity index (χ4v) is 4.40. The van der Waals surface area contributed by atoms with Crippen molar-refractivity contribution in [3.8, 4) is 11.1 Å². The summed E-state index contributed by atoms with van der Waals surface area (Å²) in [6.07, 6.45) is -0.578. The summed E-state index contributed by atoms with van der Waals surface area (Å²) in [6.45, 7) is 5.15. The van der Waals surface area contributed by atoms with E-state index < -0.39 is 29.7 Å². The Balaban J connectivity index is 1.28. The fourth-order valence-electron chi connectivity index (χ4n) is 4.40. The van der Waals surface area contributed by atoms with Crippen LogP contribution in [0.25, 0.3) is 11.1 Å². The van der Waals surface area contributed by atoms with Gasteiger partial charge in [0.15, 0.2) is 11.9 Å². The minimum Gasteiger partial charge on any atom is -0.443 e. The number of rotatable bonds is 7. The molecule has 2 aliphatic heterocycles. The van der Waals surface area contributed by atoms with Crippen molar-refractivity contribution in [2.45, 2.75) is 45.0 Å². The second-order valence-electron chi connectivity index (χ2n) is 10.5. The Bertz CT molecular complexity index is 1400. The van der Waals surface area contributed by atoms with Crippen molar-refractivity contribution in [1.82, 2.24) is 5.16 Å². The first-order valence-corrected chi connectivity index (χ1v) is 12.7. The van der Waals surface area contributed by atoms with Crippen LogP contribution in [0.1, 0.15) is 32.8 Å². The third-order valence-corrected chi connectivity index (χ3v) is 6.31. The number of aliphatic hydroxyl groups excluding tert-OH is 1. The number of benzene rings is 2. The number of nitrogens with zero attached hydrogens (tertiary/aromatic N) is 4.